The molecule has 0 aromatic heterocycles. The van der Waals surface area contributed by atoms with Gasteiger partial charge in [0.15, 0.2) is 0 Å². The van der Waals surface area contributed by atoms with Crippen molar-refractivity contribution in [3.05, 3.63) is 0 Å². The second-order valence-electron chi connectivity index (χ2n) is 4.92. The van der Waals surface area contributed by atoms with E-state index < -0.39 is 12.0 Å². The van der Waals surface area contributed by atoms with Crippen LogP contribution in [0.15, 0.2) is 0 Å². The number of nitrogens with zero attached hydrogens (tertiary/aromatic N) is 1. The molecule has 17 heavy (non-hydrogen) atoms. The Hall–Kier alpha value is -1.06. The zero-order valence-corrected chi connectivity index (χ0v) is 10.8. The fourth-order valence-corrected chi connectivity index (χ4v) is 2.47. The van der Waals surface area contributed by atoms with Gasteiger partial charge in [0.05, 0.1) is 0 Å². The van der Waals surface area contributed by atoms with Gasteiger partial charge in [-0.3, -0.25) is 4.79 Å². The molecule has 2 atom stereocenters. The lowest BCUT2D eigenvalue weighted by molar-refractivity contribution is -0.151. The maximum atomic E-state index is 12.2. The van der Waals surface area contributed by atoms with Gasteiger partial charge < -0.3 is 10.0 Å². The lowest BCUT2D eigenvalue weighted by Gasteiger charge is -2.29. The first kappa shape index (κ1) is 14.0. The summed E-state index contributed by atoms with van der Waals surface area (Å²) in [5.41, 5.74) is 0. The van der Waals surface area contributed by atoms with Crippen molar-refractivity contribution >= 4 is 11.9 Å². The third-order valence-electron chi connectivity index (χ3n) is 3.46. The quantitative estimate of drug-likeness (QED) is 0.821. The van der Waals surface area contributed by atoms with Gasteiger partial charge in [0, 0.05) is 12.5 Å². The van der Waals surface area contributed by atoms with Crippen LogP contribution in [0.5, 0.6) is 0 Å². The van der Waals surface area contributed by atoms with Crippen LogP contribution < -0.4 is 0 Å². The van der Waals surface area contributed by atoms with Crippen LogP contribution in [-0.2, 0) is 9.59 Å². The van der Waals surface area contributed by atoms with Gasteiger partial charge in [-0.1, -0.05) is 33.1 Å². The number of carbonyl (C=O) groups excluding carboxylic acids is 1. The van der Waals surface area contributed by atoms with Crippen molar-refractivity contribution in [2.75, 3.05) is 6.54 Å². The Bertz CT molecular complexity index is 278. The number of carbonyl (C=O) groups is 2. The predicted molar refractivity (Wildman–Crippen MR) is 65.7 cm³/mol. The molecule has 1 heterocycles. The van der Waals surface area contributed by atoms with E-state index in [1.807, 2.05) is 13.8 Å². The van der Waals surface area contributed by atoms with E-state index in [0.29, 0.717) is 13.0 Å². The van der Waals surface area contributed by atoms with Crippen molar-refractivity contribution in [3.63, 3.8) is 0 Å². The summed E-state index contributed by atoms with van der Waals surface area (Å²) in [7, 11) is 0. The molecule has 0 saturated carbocycles. The molecule has 1 aliphatic heterocycles. The lowest BCUT2D eigenvalue weighted by atomic mass is 10.0. The maximum absolute atomic E-state index is 12.2. The van der Waals surface area contributed by atoms with Gasteiger partial charge in [0.1, 0.15) is 6.04 Å². The monoisotopic (exact) mass is 241 g/mol. The van der Waals surface area contributed by atoms with Gasteiger partial charge in [0.2, 0.25) is 5.91 Å². The number of carboxylic acid groups (broad SMARTS) is 1. The van der Waals surface area contributed by atoms with Crippen LogP contribution in [0, 0.1) is 5.92 Å². The highest BCUT2D eigenvalue weighted by atomic mass is 16.4. The van der Waals surface area contributed by atoms with Crippen molar-refractivity contribution < 1.29 is 14.7 Å². The maximum Gasteiger partial charge on any atom is 0.326 e. The molecule has 0 spiro atoms. The molecule has 2 unspecified atom stereocenters. The fourth-order valence-electron chi connectivity index (χ4n) is 2.47. The largest absolute Gasteiger partial charge is 0.480 e. The smallest absolute Gasteiger partial charge is 0.326 e. The SMILES string of the molecule is CCCC(C)C(=O)N1CCCCCC1C(=O)O. The van der Waals surface area contributed by atoms with E-state index in [1.54, 1.807) is 4.90 Å². The molecule has 1 amide bonds. The minimum atomic E-state index is -0.857. The van der Waals surface area contributed by atoms with E-state index in [9.17, 15) is 14.7 Å². The van der Waals surface area contributed by atoms with Gasteiger partial charge in [-0.05, 0) is 19.3 Å². The van der Waals surface area contributed by atoms with Crippen LogP contribution in [0.2, 0.25) is 0 Å². The van der Waals surface area contributed by atoms with Crippen molar-refractivity contribution in [3.8, 4) is 0 Å². The average molecular weight is 241 g/mol. The van der Waals surface area contributed by atoms with E-state index in [0.717, 1.165) is 32.1 Å². The van der Waals surface area contributed by atoms with Crippen LogP contribution in [0.1, 0.15) is 52.4 Å². The zero-order chi connectivity index (χ0) is 12.8. The number of aliphatic carboxylic acids is 1. The molecule has 98 valence electrons. The second-order valence-corrected chi connectivity index (χ2v) is 4.92. The molecule has 1 N–H and O–H groups in total. The summed E-state index contributed by atoms with van der Waals surface area (Å²) < 4.78 is 0. The molecule has 0 aliphatic carbocycles. The van der Waals surface area contributed by atoms with Crippen molar-refractivity contribution in [1.82, 2.24) is 4.90 Å². The van der Waals surface area contributed by atoms with E-state index in [4.69, 9.17) is 0 Å². The first-order valence-corrected chi connectivity index (χ1v) is 6.61. The Morgan fingerprint density at radius 2 is 2.06 bits per heavy atom. The number of rotatable bonds is 4. The molecule has 0 bridgehead atoms. The summed E-state index contributed by atoms with van der Waals surface area (Å²) in [6.45, 7) is 4.54. The first-order chi connectivity index (χ1) is 8.07. The molecule has 0 radical (unpaired) electrons. The lowest BCUT2D eigenvalue weighted by Crippen LogP contribution is -2.46. The average Bonchev–Trinajstić information content (AvgIpc) is 2.53. The second kappa shape index (κ2) is 6.62. The summed E-state index contributed by atoms with van der Waals surface area (Å²) in [5.74, 6) is -0.898. The molecular weight excluding hydrogens is 218 g/mol. The summed E-state index contributed by atoms with van der Waals surface area (Å²) >= 11 is 0. The van der Waals surface area contributed by atoms with Crippen LogP contribution in [0.25, 0.3) is 0 Å². The van der Waals surface area contributed by atoms with Crippen LogP contribution in [-0.4, -0.2) is 34.5 Å². The number of carboxylic acids is 1. The predicted octanol–water partition coefficient (Wildman–Crippen LogP) is 2.28. The van der Waals surface area contributed by atoms with Gasteiger partial charge in [-0.2, -0.15) is 0 Å². The molecule has 4 heteroatoms. The molecule has 0 aromatic rings. The van der Waals surface area contributed by atoms with Crippen molar-refractivity contribution in [1.29, 1.82) is 0 Å². The van der Waals surface area contributed by atoms with Crippen molar-refractivity contribution in [2.24, 2.45) is 5.92 Å². The van der Waals surface area contributed by atoms with Gasteiger partial charge in [-0.15, -0.1) is 0 Å². The van der Waals surface area contributed by atoms with Crippen LogP contribution in [0.3, 0.4) is 0 Å². The van der Waals surface area contributed by atoms with Gasteiger partial charge >= 0.3 is 5.97 Å². The van der Waals surface area contributed by atoms with E-state index in [2.05, 4.69) is 0 Å². The highest BCUT2D eigenvalue weighted by molar-refractivity contribution is 5.85. The number of hydrogen-bond acceptors (Lipinski definition) is 2. The third kappa shape index (κ3) is 3.72. The minimum absolute atomic E-state index is 0.0150. The standard InChI is InChI=1S/C13H23NO3/c1-3-7-10(2)12(15)14-9-6-4-5-8-11(14)13(16)17/h10-11H,3-9H2,1-2H3,(H,16,17). The summed E-state index contributed by atoms with van der Waals surface area (Å²) in [6.07, 6.45) is 5.24. The number of likely N-dealkylation sites (tertiary alicyclic amines) is 1. The van der Waals surface area contributed by atoms with Gasteiger partial charge in [0.25, 0.3) is 0 Å². The Balaban J connectivity index is 2.74. The molecule has 4 nitrogen and oxygen atoms in total. The Kier molecular flexibility index (Phi) is 5.45. The molecule has 1 rings (SSSR count). The normalized spacial score (nSPS) is 22.9. The first-order valence-electron chi connectivity index (χ1n) is 6.61. The summed E-state index contributed by atoms with van der Waals surface area (Å²) in [6, 6.07) is -0.607. The number of amides is 1. The molecule has 0 aromatic carbocycles. The van der Waals surface area contributed by atoms with E-state index in [1.165, 1.54) is 0 Å². The van der Waals surface area contributed by atoms with Gasteiger partial charge in [-0.25, -0.2) is 4.79 Å². The minimum Gasteiger partial charge on any atom is -0.480 e. The van der Waals surface area contributed by atoms with E-state index in [-0.39, 0.29) is 11.8 Å². The summed E-state index contributed by atoms with van der Waals surface area (Å²) in [5, 5.41) is 9.20. The highest BCUT2D eigenvalue weighted by Crippen LogP contribution is 2.20. The number of hydrogen-bond donors (Lipinski definition) is 1. The molecule has 1 saturated heterocycles. The topological polar surface area (TPSA) is 57.6 Å². The van der Waals surface area contributed by atoms with Crippen molar-refractivity contribution in [2.45, 2.75) is 58.4 Å². The Morgan fingerprint density at radius 1 is 1.35 bits per heavy atom. The van der Waals surface area contributed by atoms with Crippen LogP contribution >= 0.6 is 0 Å². The van der Waals surface area contributed by atoms with Crippen LogP contribution in [0.4, 0.5) is 0 Å². The molecular formula is C13H23NO3. The molecule has 1 fully saturated rings. The third-order valence-corrected chi connectivity index (χ3v) is 3.46. The highest BCUT2D eigenvalue weighted by Gasteiger charge is 2.32. The Morgan fingerprint density at radius 3 is 2.65 bits per heavy atom. The summed E-state index contributed by atoms with van der Waals surface area (Å²) in [4.78, 5) is 25.0. The Labute approximate surface area is 103 Å². The zero-order valence-electron chi connectivity index (χ0n) is 10.8. The molecule has 1 aliphatic rings. The fraction of sp³-hybridized carbons (Fsp3) is 0.846. The van der Waals surface area contributed by atoms with E-state index >= 15 is 0 Å².